The first-order chi connectivity index (χ1) is 9.15. The highest BCUT2D eigenvalue weighted by atomic mass is 32.1. The van der Waals surface area contributed by atoms with Gasteiger partial charge in [-0.05, 0) is 30.5 Å². The van der Waals surface area contributed by atoms with Gasteiger partial charge in [0.15, 0.2) is 6.61 Å². The topological polar surface area (TPSA) is 29.5 Å². The number of nitrogens with zero attached hydrogens (tertiary/aromatic N) is 1. The molecule has 0 bridgehead atoms. The van der Waals surface area contributed by atoms with Crippen LogP contribution in [0.15, 0.2) is 41.8 Å². The molecule has 1 aromatic heterocycles. The van der Waals surface area contributed by atoms with E-state index in [1.807, 2.05) is 48.7 Å². The summed E-state index contributed by atoms with van der Waals surface area (Å²) in [5.41, 5.74) is 1.17. The lowest BCUT2D eigenvalue weighted by molar-refractivity contribution is -0.132. The quantitative estimate of drug-likeness (QED) is 0.839. The fourth-order valence-electron chi connectivity index (χ4n) is 1.61. The Hall–Kier alpha value is -1.81. The number of ether oxygens (including phenoxy) is 1. The van der Waals surface area contributed by atoms with Crippen molar-refractivity contribution in [2.75, 3.05) is 13.7 Å². The number of aryl methyl sites for hydroxylation is 1. The summed E-state index contributed by atoms with van der Waals surface area (Å²) >= 11 is 1.65. The van der Waals surface area contributed by atoms with E-state index >= 15 is 0 Å². The van der Waals surface area contributed by atoms with Gasteiger partial charge in [0.05, 0.1) is 6.54 Å². The van der Waals surface area contributed by atoms with E-state index in [1.54, 1.807) is 23.3 Å². The van der Waals surface area contributed by atoms with Crippen LogP contribution in [0.1, 0.15) is 10.4 Å². The number of benzene rings is 1. The van der Waals surface area contributed by atoms with Crippen molar-refractivity contribution < 1.29 is 9.53 Å². The molecule has 1 aromatic carbocycles. The molecule has 0 unspecified atom stereocenters. The Morgan fingerprint density at radius 3 is 2.63 bits per heavy atom. The molecule has 0 aliphatic carbocycles. The molecule has 0 saturated heterocycles. The number of likely N-dealkylation sites (N-methyl/N-ethyl adjacent to an activating group) is 1. The summed E-state index contributed by atoms with van der Waals surface area (Å²) < 4.78 is 5.48. The number of thiophene rings is 1. The number of hydrogen-bond donors (Lipinski definition) is 0. The second kappa shape index (κ2) is 6.38. The van der Waals surface area contributed by atoms with Crippen LogP contribution in [0.25, 0.3) is 0 Å². The van der Waals surface area contributed by atoms with Crippen LogP contribution in [0.5, 0.6) is 5.75 Å². The standard InChI is InChI=1S/C15H17NO2S/c1-12-5-7-13(8-6-12)18-11-15(17)16(2)10-14-4-3-9-19-14/h3-9H,10-11H2,1-2H3. The van der Waals surface area contributed by atoms with Gasteiger partial charge in [-0.15, -0.1) is 11.3 Å². The fraction of sp³-hybridized carbons (Fsp3) is 0.267. The molecule has 19 heavy (non-hydrogen) atoms. The van der Waals surface area contributed by atoms with Gasteiger partial charge in [-0.3, -0.25) is 4.79 Å². The van der Waals surface area contributed by atoms with Gasteiger partial charge >= 0.3 is 0 Å². The van der Waals surface area contributed by atoms with Gasteiger partial charge in [0.2, 0.25) is 0 Å². The van der Waals surface area contributed by atoms with Crippen LogP contribution in [0.2, 0.25) is 0 Å². The Labute approximate surface area is 117 Å². The maximum absolute atomic E-state index is 11.9. The van der Waals surface area contributed by atoms with E-state index in [0.29, 0.717) is 6.54 Å². The third-order valence-electron chi connectivity index (χ3n) is 2.78. The number of rotatable bonds is 5. The minimum Gasteiger partial charge on any atom is -0.484 e. The summed E-state index contributed by atoms with van der Waals surface area (Å²) in [6.45, 7) is 2.72. The molecule has 0 aliphatic rings. The second-order valence-corrected chi connectivity index (χ2v) is 5.46. The van der Waals surface area contributed by atoms with Crippen molar-refractivity contribution in [2.24, 2.45) is 0 Å². The third kappa shape index (κ3) is 4.10. The third-order valence-corrected chi connectivity index (χ3v) is 3.64. The average molecular weight is 275 g/mol. The molecule has 0 aliphatic heterocycles. The number of carbonyl (C=O) groups is 1. The van der Waals surface area contributed by atoms with Gasteiger partial charge in [0.1, 0.15) is 5.75 Å². The van der Waals surface area contributed by atoms with Crippen LogP contribution in [-0.4, -0.2) is 24.5 Å². The molecule has 0 fully saturated rings. The van der Waals surface area contributed by atoms with Crippen LogP contribution in [0.4, 0.5) is 0 Å². The van der Waals surface area contributed by atoms with Gasteiger partial charge < -0.3 is 9.64 Å². The summed E-state index contributed by atoms with van der Waals surface area (Å²) in [5, 5.41) is 2.01. The van der Waals surface area contributed by atoms with Gasteiger partial charge in [-0.2, -0.15) is 0 Å². The van der Waals surface area contributed by atoms with E-state index in [9.17, 15) is 4.79 Å². The Morgan fingerprint density at radius 1 is 1.26 bits per heavy atom. The van der Waals surface area contributed by atoms with Crippen LogP contribution >= 0.6 is 11.3 Å². The molecule has 0 spiro atoms. The van der Waals surface area contributed by atoms with Crippen molar-refractivity contribution in [1.82, 2.24) is 4.90 Å². The lowest BCUT2D eigenvalue weighted by Crippen LogP contribution is -2.30. The summed E-state index contributed by atoms with van der Waals surface area (Å²) in [7, 11) is 1.79. The SMILES string of the molecule is Cc1ccc(OCC(=O)N(C)Cc2cccs2)cc1. The maximum atomic E-state index is 11.9. The first kappa shape index (κ1) is 13.6. The van der Waals surface area contributed by atoms with Gasteiger partial charge in [0.25, 0.3) is 5.91 Å². The van der Waals surface area contributed by atoms with Crippen LogP contribution < -0.4 is 4.74 Å². The summed E-state index contributed by atoms with van der Waals surface area (Å²) in [6.07, 6.45) is 0. The number of carbonyl (C=O) groups excluding carboxylic acids is 1. The molecule has 1 amide bonds. The summed E-state index contributed by atoms with van der Waals surface area (Å²) in [4.78, 5) is 14.8. The van der Waals surface area contributed by atoms with E-state index in [0.717, 1.165) is 5.75 Å². The molecule has 3 nitrogen and oxygen atoms in total. The average Bonchev–Trinajstić information content (AvgIpc) is 2.90. The van der Waals surface area contributed by atoms with Gasteiger partial charge in [-0.1, -0.05) is 23.8 Å². The predicted octanol–water partition coefficient (Wildman–Crippen LogP) is 3.09. The Bertz CT molecular complexity index is 520. The first-order valence-electron chi connectivity index (χ1n) is 6.11. The lowest BCUT2D eigenvalue weighted by Gasteiger charge is -2.16. The highest BCUT2D eigenvalue weighted by molar-refractivity contribution is 7.09. The number of hydrogen-bond acceptors (Lipinski definition) is 3. The van der Waals surface area contributed by atoms with Crippen molar-refractivity contribution in [3.8, 4) is 5.75 Å². The molecule has 0 saturated carbocycles. The van der Waals surface area contributed by atoms with Crippen LogP contribution in [-0.2, 0) is 11.3 Å². The monoisotopic (exact) mass is 275 g/mol. The minimum absolute atomic E-state index is 0.0195. The maximum Gasteiger partial charge on any atom is 0.260 e. The molecule has 2 aromatic rings. The molecular formula is C15H17NO2S. The van der Waals surface area contributed by atoms with E-state index in [-0.39, 0.29) is 12.5 Å². The second-order valence-electron chi connectivity index (χ2n) is 4.43. The molecule has 1 heterocycles. The Balaban J connectivity index is 1.82. The summed E-state index contributed by atoms with van der Waals surface area (Å²) in [6, 6.07) is 11.7. The van der Waals surface area contributed by atoms with Crippen molar-refractivity contribution >= 4 is 17.2 Å². The zero-order valence-corrected chi connectivity index (χ0v) is 11.9. The first-order valence-corrected chi connectivity index (χ1v) is 6.99. The Morgan fingerprint density at radius 2 is 2.00 bits per heavy atom. The molecule has 0 N–H and O–H groups in total. The van der Waals surface area contributed by atoms with Crippen molar-refractivity contribution in [3.63, 3.8) is 0 Å². The van der Waals surface area contributed by atoms with E-state index in [4.69, 9.17) is 4.74 Å². The summed E-state index contributed by atoms with van der Waals surface area (Å²) in [5.74, 6) is 0.706. The van der Waals surface area contributed by atoms with E-state index in [2.05, 4.69) is 0 Å². The normalized spacial score (nSPS) is 10.2. The smallest absolute Gasteiger partial charge is 0.260 e. The fourth-order valence-corrected chi connectivity index (χ4v) is 2.37. The van der Waals surface area contributed by atoms with E-state index < -0.39 is 0 Å². The molecule has 0 atom stereocenters. The zero-order valence-electron chi connectivity index (χ0n) is 11.1. The van der Waals surface area contributed by atoms with Crippen molar-refractivity contribution in [3.05, 3.63) is 52.2 Å². The predicted molar refractivity (Wildman–Crippen MR) is 77.5 cm³/mol. The van der Waals surface area contributed by atoms with Gasteiger partial charge in [-0.25, -0.2) is 0 Å². The zero-order chi connectivity index (χ0) is 13.7. The largest absolute Gasteiger partial charge is 0.484 e. The van der Waals surface area contributed by atoms with E-state index in [1.165, 1.54) is 10.4 Å². The van der Waals surface area contributed by atoms with Gasteiger partial charge in [0, 0.05) is 11.9 Å². The molecular weight excluding hydrogens is 258 g/mol. The Kier molecular flexibility index (Phi) is 4.58. The van der Waals surface area contributed by atoms with Crippen molar-refractivity contribution in [2.45, 2.75) is 13.5 Å². The highest BCUT2D eigenvalue weighted by Gasteiger charge is 2.10. The van der Waals surface area contributed by atoms with Crippen LogP contribution in [0, 0.1) is 6.92 Å². The number of amides is 1. The lowest BCUT2D eigenvalue weighted by atomic mass is 10.2. The van der Waals surface area contributed by atoms with Crippen LogP contribution in [0.3, 0.4) is 0 Å². The minimum atomic E-state index is -0.0195. The molecule has 4 heteroatoms. The highest BCUT2D eigenvalue weighted by Crippen LogP contribution is 2.13. The molecule has 2 rings (SSSR count). The molecule has 100 valence electrons. The van der Waals surface area contributed by atoms with Crippen molar-refractivity contribution in [1.29, 1.82) is 0 Å². The molecule has 0 radical (unpaired) electrons.